The van der Waals surface area contributed by atoms with E-state index < -0.39 is 6.10 Å². The largest absolute Gasteiger partial charge is 0.491 e. The van der Waals surface area contributed by atoms with Crippen molar-refractivity contribution in [3.05, 3.63) is 60.4 Å². The Hall–Kier alpha value is -2.55. The standard InChI is InChI=1S/C21H23FN4O2S/c22-17-6-8-19(9-7-17)28-15-18(27)14-25-10-12-26(13-11-25)21-23-20(24-29-21)16-4-2-1-3-5-16/h1-9,18,27H,10-15H2/p+1/t18-/m1/s1. The van der Waals surface area contributed by atoms with Crippen molar-refractivity contribution in [3.8, 4) is 17.1 Å². The molecule has 2 N–H and O–H groups in total. The van der Waals surface area contributed by atoms with E-state index in [2.05, 4.69) is 14.3 Å². The number of nitrogens with zero attached hydrogens (tertiary/aromatic N) is 3. The summed E-state index contributed by atoms with van der Waals surface area (Å²) < 4.78 is 22.9. The molecule has 1 saturated heterocycles. The molecule has 0 unspecified atom stereocenters. The van der Waals surface area contributed by atoms with Gasteiger partial charge in [-0.05, 0) is 24.3 Å². The number of benzene rings is 2. The Balaban J connectivity index is 1.23. The van der Waals surface area contributed by atoms with Crippen LogP contribution >= 0.6 is 11.5 Å². The highest BCUT2D eigenvalue weighted by Gasteiger charge is 2.25. The Morgan fingerprint density at radius 1 is 1.10 bits per heavy atom. The highest BCUT2D eigenvalue weighted by Crippen LogP contribution is 2.23. The fraction of sp³-hybridized carbons (Fsp3) is 0.333. The van der Waals surface area contributed by atoms with Crippen LogP contribution in [-0.4, -0.2) is 59.9 Å². The monoisotopic (exact) mass is 415 g/mol. The van der Waals surface area contributed by atoms with Gasteiger partial charge in [0.2, 0.25) is 5.13 Å². The molecule has 152 valence electrons. The minimum absolute atomic E-state index is 0.204. The quantitative estimate of drug-likeness (QED) is 0.612. The number of aliphatic hydroxyl groups is 1. The maximum Gasteiger partial charge on any atom is 0.205 e. The number of aliphatic hydroxyl groups excluding tert-OH is 1. The molecule has 8 heteroatoms. The lowest BCUT2D eigenvalue weighted by Crippen LogP contribution is -3.16. The minimum atomic E-state index is -0.562. The number of nitrogens with one attached hydrogen (secondary N) is 1. The third-order valence-corrected chi connectivity index (χ3v) is 5.75. The molecule has 2 aromatic carbocycles. The van der Waals surface area contributed by atoms with Crippen molar-refractivity contribution in [2.24, 2.45) is 0 Å². The van der Waals surface area contributed by atoms with Gasteiger partial charge >= 0.3 is 0 Å². The Morgan fingerprint density at radius 2 is 1.83 bits per heavy atom. The summed E-state index contributed by atoms with van der Waals surface area (Å²) in [6.45, 7) is 4.44. The molecular weight excluding hydrogens is 391 g/mol. The first-order valence-electron chi connectivity index (χ1n) is 9.71. The van der Waals surface area contributed by atoms with Crippen molar-refractivity contribution < 1.29 is 19.1 Å². The van der Waals surface area contributed by atoms with Crippen molar-refractivity contribution in [2.45, 2.75) is 6.10 Å². The van der Waals surface area contributed by atoms with Crippen LogP contribution in [0.1, 0.15) is 0 Å². The zero-order chi connectivity index (χ0) is 20.1. The fourth-order valence-corrected chi connectivity index (χ4v) is 4.12. The normalized spacial score (nSPS) is 16.0. The summed E-state index contributed by atoms with van der Waals surface area (Å²) in [6, 6.07) is 15.8. The Morgan fingerprint density at radius 3 is 2.55 bits per heavy atom. The molecule has 3 aromatic rings. The van der Waals surface area contributed by atoms with E-state index in [9.17, 15) is 9.50 Å². The van der Waals surface area contributed by atoms with Gasteiger partial charge in [-0.2, -0.15) is 9.36 Å². The zero-order valence-electron chi connectivity index (χ0n) is 16.0. The molecule has 1 fully saturated rings. The van der Waals surface area contributed by atoms with E-state index in [0.717, 1.165) is 42.7 Å². The molecule has 0 aliphatic carbocycles. The topological polar surface area (TPSA) is 62.9 Å². The number of ether oxygens (including phenoxy) is 1. The van der Waals surface area contributed by atoms with Gasteiger partial charge in [0, 0.05) is 17.1 Å². The van der Waals surface area contributed by atoms with Crippen LogP contribution in [0.3, 0.4) is 0 Å². The van der Waals surface area contributed by atoms with Crippen LogP contribution in [0.4, 0.5) is 9.52 Å². The average molecular weight is 416 g/mol. The van der Waals surface area contributed by atoms with Crippen molar-refractivity contribution >= 4 is 16.7 Å². The number of quaternary nitrogens is 1. The molecule has 1 atom stereocenters. The van der Waals surface area contributed by atoms with Gasteiger partial charge in [0.15, 0.2) is 5.82 Å². The SMILES string of the molecule is O[C@@H](COc1ccc(F)cc1)C[NH+]1CCN(c2nc(-c3ccccc3)ns2)CC1. The van der Waals surface area contributed by atoms with Crippen LogP contribution in [0.2, 0.25) is 0 Å². The van der Waals surface area contributed by atoms with Crippen LogP contribution < -0.4 is 14.5 Å². The fourth-order valence-electron chi connectivity index (χ4n) is 3.38. The molecule has 0 saturated carbocycles. The van der Waals surface area contributed by atoms with Crippen LogP contribution in [0, 0.1) is 5.82 Å². The maximum atomic E-state index is 12.9. The molecule has 4 rings (SSSR count). The molecule has 2 heterocycles. The third-order valence-electron chi connectivity index (χ3n) is 4.97. The maximum absolute atomic E-state index is 12.9. The molecule has 1 aliphatic rings. The summed E-state index contributed by atoms with van der Waals surface area (Å²) in [4.78, 5) is 8.28. The minimum Gasteiger partial charge on any atom is -0.491 e. The summed E-state index contributed by atoms with van der Waals surface area (Å²) in [7, 11) is 0. The second-order valence-electron chi connectivity index (χ2n) is 7.13. The molecular formula is C21H24FN4O2S+. The lowest BCUT2D eigenvalue weighted by Gasteiger charge is -2.32. The lowest BCUT2D eigenvalue weighted by atomic mass is 10.2. The number of aromatic nitrogens is 2. The number of piperazine rings is 1. The van der Waals surface area contributed by atoms with Gasteiger partial charge in [-0.15, -0.1) is 0 Å². The van der Waals surface area contributed by atoms with Gasteiger partial charge in [0.05, 0.1) is 26.2 Å². The molecule has 6 nitrogen and oxygen atoms in total. The van der Waals surface area contributed by atoms with Gasteiger partial charge in [0.25, 0.3) is 0 Å². The number of anilines is 1. The first-order valence-corrected chi connectivity index (χ1v) is 10.5. The smallest absolute Gasteiger partial charge is 0.205 e. The lowest BCUT2D eigenvalue weighted by molar-refractivity contribution is -0.903. The number of hydrogen-bond donors (Lipinski definition) is 2. The molecule has 0 spiro atoms. The summed E-state index contributed by atoms with van der Waals surface area (Å²) in [5.41, 5.74) is 1.03. The van der Waals surface area contributed by atoms with Gasteiger partial charge < -0.3 is 19.6 Å². The van der Waals surface area contributed by atoms with E-state index in [1.807, 2.05) is 30.3 Å². The van der Waals surface area contributed by atoms with E-state index >= 15 is 0 Å². The molecule has 1 aromatic heterocycles. The van der Waals surface area contributed by atoms with E-state index in [1.165, 1.54) is 28.6 Å². The Bertz CT molecular complexity index is 899. The van der Waals surface area contributed by atoms with Crippen LogP contribution in [0.5, 0.6) is 5.75 Å². The molecule has 29 heavy (non-hydrogen) atoms. The van der Waals surface area contributed by atoms with Gasteiger partial charge in [-0.1, -0.05) is 30.3 Å². The summed E-state index contributed by atoms with van der Waals surface area (Å²) in [5, 5.41) is 11.2. The van der Waals surface area contributed by atoms with Crippen LogP contribution in [0.25, 0.3) is 11.4 Å². The Labute approximate surface area is 173 Å². The molecule has 0 bridgehead atoms. The second kappa shape index (κ2) is 9.30. The third kappa shape index (κ3) is 5.29. The molecule has 1 aliphatic heterocycles. The van der Waals surface area contributed by atoms with Crippen molar-refractivity contribution in [1.82, 2.24) is 9.36 Å². The summed E-state index contributed by atoms with van der Waals surface area (Å²) in [5.74, 6) is 1.04. The van der Waals surface area contributed by atoms with Crippen molar-refractivity contribution in [2.75, 3.05) is 44.2 Å². The number of rotatable bonds is 7. The van der Waals surface area contributed by atoms with E-state index in [1.54, 1.807) is 12.1 Å². The van der Waals surface area contributed by atoms with E-state index in [-0.39, 0.29) is 12.4 Å². The van der Waals surface area contributed by atoms with E-state index in [4.69, 9.17) is 4.74 Å². The molecule has 0 radical (unpaired) electrons. The van der Waals surface area contributed by atoms with Gasteiger partial charge in [0.1, 0.15) is 30.8 Å². The van der Waals surface area contributed by atoms with Crippen LogP contribution in [-0.2, 0) is 0 Å². The predicted molar refractivity (Wildman–Crippen MR) is 111 cm³/mol. The first kappa shape index (κ1) is 19.8. The number of hydrogen-bond acceptors (Lipinski definition) is 6. The van der Waals surface area contributed by atoms with Gasteiger partial charge in [-0.25, -0.2) is 4.39 Å². The summed E-state index contributed by atoms with van der Waals surface area (Å²) >= 11 is 1.43. The van der Waals surface area contributed by atoms with Crippen LogP contribution in [0.15, 0.2) is 54.6 Å². The highest BCUT2D eigenvalue weighted by atomic mass is 32.1. The zero-order valence-corrected chi connectivity index (χ0v) is 16.8. The van der Waals surface area contributed by atoms with E-state index in [0.29, 0.717) is 12.3 Å². The first-order chi connectivity index (χ1) is 14.2. The average Bonchev–Trinajstić information content (AvgIpc) is 3.25. The number of halogens is 1. The Kier molecular flexibility index (Phi) is 6.33. The highest BCUT2D eigenvalue weighted by molar-refractivity contribution is 7.09. The van der Waals surface area contributed by atoms with Crippen molar-refractivity contribution in [3.63, 3.8) is 0 Å². The van der Waals surface area contributed by atoms with Gasteiger partial charge in [-0.3, -0.25) is 0 Å². The second-order valence-corrected chi connectivity index (χ2v) is 7.86. The van der Waals surface area contributed by atoms with Crippen molar-refractivity contribution in [1.29, 1.82) is 0 Å². The molecule has 0 amide bonds. The predicted octanol–water partition coefficient (Wildman–Crippen LogP) is 1.49. The summed E-state index contributed by atoms with van der Waals surface area (Å²) in [6.07, 6.45) is -0.562.